The number of nitrogens with zero attached hydrogens (tertiary/aromatic N) is 3. The number of hydrogen-bond acceptors (Lipinski definition) is 4. The average Bonchev–Trinajstić information content (AvgIpc) is 3.20. The minimum Gasteiger partial charge on any atom is -0.383 e. The standard InChI is InChI=1S/C22H25N3O3/c1-27-15-13-24(14-16-28-2)22(26)20-17-25(19-11-7-4-8-12-19)23-21(20)18-9-5-3-6-10-18/h3-12,17H,13-16H2,1-2H3. The van der Waals surface area contributed by atoms with Crippen LogP contribution in [0.2, 0.25) is 0 Å². The van der Waals surface area contributed by atoms with Crippen molar-refractivity contribution in [3.05, 3.63) is 72.4 Å². The smallest absolute Gasteiger partial charge is 0.257 e. The molecule has 1 aromatic heterocycles. The minimum atomic E-state index is -0.0878. The Kier molecular flexibility index (Phi) is 6.94. The molecule has 0 saturated heterocycles. The molecule has 0 radical (unpaired) electrons. The quantitative estimate of drug-likeness (QED) is 0.573. The predicted molar refractivity (Wildman–Crippen MR) is 109 cm³/mol. The van der Waals surface area contributed by atoms with Gasteiger partial charge in [0.15, 0.2) is 0 Å². The Balaban J connectivity index is 2.01. The number of para-hydroxylation sites is 1. The van der Waals surface area contributed by atoms with Crippen LogP contribution >= 0.6 is 0 Å². The number of carbonyl (C=O) groups excluding carboxylic acids is 1. The average molecular weight is 379 g/mol. The van der Waals surface area contributed by atoms with Gasteiger partial charge in [0, 0.05) is 39.1 Å². The molecule has 28 heavy (non-hydrogen) atoms. The number of amides is 1. The van der Waals surface area contributed by atoms with Gasteiger partial charge in [-0.25, -0.2) is 4.68 Å². The van der Waals surface area contributed by atoms with Crippen LogP contribution in [-0.2, 0) is 9.47 Å². The highest BCUT2D eigenvalue weighted by molar-refractivity contribution is 6.00. The van der Waals surface area contributed by atoms with Crippen LogP contribution in [0.3, 0.4) is 0 Å². The van der Waals surface area contributed by atoms with Gasteiger partial charge in [0.2, 0.25) is 0 Å². The lowest BCUT2D eigenvalue weighted by Crippen LogP contribution is -2.36. The van der Waals surface area contributed by atoms with Gasteiger partial charge < -0.3 is 14.4 Å². The molecule has 0 spiro atoms. The highest BCUT2D eigenvalue weighted by atomic mass is 16.5. The fourth-order valence-corrected chi connectivity index (χ4v) is 2.94. The van der Waals surface area contributed by atoms with Crippen molar-refractivity contribution in [2.45, 2.75) is 0 Å². The first kappa shape index (κ1) is 19.8. The summed E-state index contributed by atoms with van der Waals surface area (Å²) in [5.74, 6) is -0.0878. The maximum absolute atomic E-state index is 13.4. The van der Waals surface area contributed by atoms with E-state index in [1.165, 1.54) is 0 Å². The number of rotatable bonds is 9. The third-order valence-electron chi connectivity index (χ3n) is 4.43. The van der Waals surface area contributed by atoms with E-state index in [0.29, 0.717) is 37.6 Å². The molecule has 1 amide bonds. The lowest BCUT2D eigenvalue weighted by molar-refractivity contribution is 0.0628. The van der Waals surface area contributed by atoms with Crippen LogP contribution in [-0.4, -0.2) is 61.1 Å². The molecule has 0 unspecified atom stereocenters. The van der Waals surface area contributed by atoms with Gasteiger partial charge in [-0.2, -0.15) is 5.10 Å². The van der Waals surface area contributed by atoms with E-state index >= 15 is 0 Å². The molecular formula is C22H25N3O3. The summed E-state index contributed by atoms with van der Waals surface area (Å²) in [4.78, 5) is 15.1. The van der Waals surface area contributed by atoms with Crippen molar-refractivity contribution in [1.29, 1.82) is 0 Å². The zero-order valence-corrected chi connectivity index (χ0v) is 16.2. The molecule has 1 heterocycles. The summed E-state index contributed by atoms with van der Waals surface area (Å²) in [5.41, 5.74) is 3.02. The Labute approximate surface area is 165 Å². The molecular weight excluding hydrogens is 354 g/mol. The molecule has 2 aromatic carbocycles. The zero-order valence-electron chi connectivity index (χ0n) is 16.2. The highest BCUT2D eigenvalue weighted by Crippen LogP contribution is 2.25. The molecule has 0 aliphatic rings. The van der Waals surface area contributed by atoms with E-state index in [2.05, 4.69) is 0 Å². The minimum absolute atomic E-state index is 0.0878. The van der Waals surface area contributed by atoms with Crippen LogP contribution in [0.15, 0.2) is 66.9 Å². The Morgan fingerprint density at radius 3 is 2.07 bits per heavy atom. The normalized spacial score (nSPS) is 10.8. The number of methoxy groups -OCH3 is 2. The third-order valence-corrected chi connectivity index (χ3v) is 4.43. The van der Waals surface area contributed by atoms with Crippen LogP contribution in [0, 0.1) is 0 Å². The van der Waals surface area contributed by atoms with E-state index in [0.717, 1.165) is 11.3 Å². The van der Waals surface area contributed by atoms with Crippen LogP contribution in [0.5, 0.6) is 0 Å². The second-order valence-corrected chi connectivity index (χ2v) is 6.32. The maximum atomic E-state index is 13.4. The van der Waals surface area contributed by atoms with Gasteiger partial charge in [-0.3, -0.25) is 4.79 Å². The van der Waals surface area contributed by atoms with Gasteiger partial charge in [-0.1, -0.05) is 48.5 Å². The molecule has 0 atom stereocenters. The zero-order chi connectivity index (χ0) is 19.8. The second-order valence-electron chi connectivity index (χ2n) is 6.32. The summed E-state index contributed by atoms with van der Waals surface area (Å²) in [6.45, 7) is 1.90. The molecule has 146 valence electrons. The molecule has 3 rings (SSSR count). The first-order valence-corrected chi connectivity index (χ1v) is 9.22. The predicted octanol–water partition coefficient (Wildman–Crippen LogP) is 3.27. The summed E-state index contributed by atoms with van der Waals surface area (Å²) >= 11 is 0. The van der Waals surface area contributed by atoms with E-state index in [1.54, 1.807) is 30.0 Å². The summed E-state index contributed by atoms with van der Waals surface area (Å²) in [7, 11) is 3.25. The van der Waals surface area contributed by atoms with Crippen molar-refractivity contribution < 1.29 is 14.3 Å². The van der Waals surface area contributed by atoms with E-state index in [4.69, 9.17) is 14.6 Å². The van der Waals surface area contributed by atoms with Gasteiger partial charge in [0.25, 0.3) is 5.91 Å². The van der Waals surface area contributed by atoms with Crippen molar-refractivity contribution >= 4 is 5.91 Å². The first-order chi connectivity index (χ1) is 13.7. The van der Waals surface area contributed by atoms with Gasteiger partial charge in [0.05, 0.1) is 24.5 Å². The molecule has 0 bridgehead atoms. The lowest BCUT2D eigenvalue weighted by atomic mass is 10.1. The summed E-state index contributed by atoms with van der Waals surface area (Å²) in [5, 5.41) is 4.72. The van der Waals surface area contributed by atoms with Crippen molar-refractivity contribution in [3.8, 4) is 16.9 Å². The monoisotopic (exact) mass is 379 g/mol. The van der Waals surface area contributed by atoms with Crippen LogP contribution in [0.4, 0.5) is 0 Å². The third kappa shape index (κ3) is 4.65. The summed E-state index contributed by atoms with van der Waals surface area (Å²) < 4.78 is 12.1. The van der Waals surface area contributed by atoms with E-state index < -0.39 is 0 Å². The van der Waals surface area contributed by atoms with E-state index in [1.807, 2.05) is 60.7 Å². The molecule has 0 aliphatic carbocycles. The molecule has 6 heteroatoms. The Hall–Kier alpha value is -2.96. The second kappa shape index (κ2) is 9.82. The molecule has 6 nitrogen and oxygen atoms in total. The molecule has 0 aliphatic heterocycles. The first-order valence-electron chi connectivity index (χ1n) is 9.22. The van der Waals surface area contributed by atoms with E-state index in [9.17, 15) is 4.79 Å². The maximum Gasteiger partial charge on any atom is 0.257 e. The Bertz CT molecular complexity index is 871. The number of benzene rings is 2. The van der Waals surface area contributed by atoms with Crippen molar-refractivity contribution in [2.24, 2.45) is 0 Å². The lowest BCUT2D eigenvalue weighted by Gasteiger charge is -2.22. The van der Waals surface area contributed by atoms with Crippen molar-refractivity contribution in [1.82, 2.24) is 14.7 Å². The van der Waals surface area contributed by atoms with Gasteiger partial charge in [0.1, 0.15) is 5.69 Å². The number of hydrogen-bond donors (Lipinski definition) is 0. The van der Waals surface area contributed by atoms with Gasteiger partial charge in [-0.05, 0) is 12.1 Å². The number of carbonyl (C=O) groups is 1. The Morgan fingerprint density at radius 1 is 0.929 bits per heavy atom. The molecule has 0 saturated carbocycles. The Morgan fingerprint density at radius 2 is 1.50 bits per heavy atom. The SMILES string of the molecule is COCCN(CCOC)C(=O)c1cn(-c2ccccc2)nc1-c1ccccc1. The van der Waals surface area contributed by atoms with Crippen molar-refractivity contribution in [2.75, 3.05) is 40.5 Å². The van der Waals surface area contributed by atoms with E-state index in [-0.39, 0.29) is 5.91 Å². The topological polar surface area (TPSA) is 56.6 Å². The molecule has 0 fully saturated rings. The van der Waals surface area contributed by atoms with Crippen LogP contribution < -0.4 is 0 Å². The van der Waals surface area contributed by atoms with Gasteiger partial charge >= 0.3 is 0 Å². The van der Waals surface area contributed by atoms with Crippen LogP contribution in [0.25, 0.3) is 16.9 Å². The summed E-state index contributed by atoms with van der Waals surface area (Å²) in [6, 6.07) is 19.5. The number of ether oxygens (including phenoxy) is 2. The molecule has 0 N–H and O–H groups in total. The largest absolute Gasteiger partial charge is 0.383 e. The number of aromatic nitrogens is 2. The fourth-order valence-electron chi connectivity index (χ4n) is 2.94. The molecule has 3 aromatic rings. The highest BCUT2D eigenvalue weighted by Gasteiger charge is 2.23. The van der Waals surface area contributed by atoms with Gasteiger partial charge in [-0.15, -0.1) is 0 Å². The van der Waals surface area contributed by atoms with Crippen molar-refractivity contribution in [3.63, 3.8) is 0 Å². The summed E-state index contributed by atoms with van der Waals surface area (Å²) in [6.07, 6.45) is 1.80. The van der Waals surface area contributed by atoms with Crippen LogP contribution in [0.1, 0.15) is 10.4 Å². The fraction of sp³-hybridized carbons (Fsp3) is 0.273.